The van der Waals surface area contributed by atoms with Crippen molar-refractivity contribution in [3.63, 3.8) is 0 Å². The van der Waals surface area contributed by atoms with Crippen LogP contribution < -0.4 is 4.90 Å². The molecule has 1 aromatic heterocycles. The van der Waals surface area contributed by atoms with Crippen molar-refractivity contribution in [1.82, 2.24) is 0 Å². The molecule has 0 aliphatic heterocycles. The summed E-state index contributed by atoms with van der Waals surface area (Å²) in [7, 11) is 0. The molecule has 0 saturated heterocycles. The minimum atomic E-state index is -0.0434. The Balaban J connectivity index is 1.13. The van der Waals surface area contributed by atoms with Crippen molar-refractivity contribution in [3.8, 4) is 33.4 Å². The van der Waals surface area contributed by atoms with Crippen LogP contribution in [0.25, 0.3) is 76.9 Å². The van der Waals surface area contributed by atoms with Gasteiger partial charge in [0.1, 0.15) is 5.58 Å². The minimum Gasteiger partial charge on any atom is -0.454 e. The van der Waals surface area contributed by atoms with E-state index in [0.717, 1.165) is 39.0 Å². The monoisotopic (exact) mass is 655 g/mol. The Morgan fingerprint density at radius 1 is 0.451 bits per heavy atom. The van der Waals surface area contributed by atoms with Crippen molar-refractivity contribution in [1.29, 1.82) is 0 Å². The molecule has 2 nitrogen and oxygen atoms in total. The number of para-hydroxylation sites is 3. The Morgan fingerprint density at radius 2 is 1.04 bits per heavy atom. The van der Waals surface area contributed by atoms with E-state index >= 15 is 0 Å². The normalized spacial score (nSPS) is 12.3. The van der Waals surface area contributed by atoms with Gasteiger partial charge in [-0.15, -0.1) is 0 Å². The highest BCUT2D eigenvalue weighted by atomic mass is 16.3. The lowest BCUT2D eigenvalue weighted by molar-refractivity contribution is 0.573. The second kappa shape index (κ2) is 10.9. The van der Waals surface area contributed by atoms with Gasteiger partial charge in [-0.2, -0.15) is 0 Å². The number of benzene rings is 8. The Hall–Kier alpha value is -6.12. The van der Waals surface area contributed by atoms with Gasteiger partial charge in [-0.1, -0.05) is 118 Å². The zero-order valence-electron chi connectivity index (χ0n) is 29.3. The highest BCUT2D eigenvalue weighted by molar-refractivity contribution is 6.14. The summed E-state index contributed by atoms with van der Waals surface area (Å²) < 4.78 is 6.91. The lowest BCUT2D eigenvalue weighted by Crippen LogP contribution is -2.11. The summed E-state index contributed by atoms with van der Waals surface area (Å²) in [6.07, 6.45) is 0. The largest absolute Gasteiger partial charge is 0.454 e. The zero-order chi connectivity index (χ0) is 34.4. The second-order valence-electron chi connectivity index (χ2n) is 15.1. The van der Waals surface area contributed by atoms with Gasteiger partial charge in [0.15, 0.2) is 5.58 Å². The van der Waals surface area contributed by atoms with Crippen LogP contribution in [0.15, 0.2) is 156 Å². The predicted molar refractivity (Wildman–Crippen MR) is 217 cm³/mol. The van der Waals surface area contributed by atoms with Crippen LogP contribution in [-0.4, -0.2) is 0 Å². The molecule has 9 aromatic rings. The van der Waals surface area contributed by atoms with Crippen molar-refractivity contribution in [3.05, 3.63) is 163 Å². The number of aryl methyl sites for hydroxylation is 1. The van der Waals surface area contributed by atoms with E-state index in [1.165, 1.54) is 66.1 Å². The molecule has 0 N–H and O–H groups in total. The van der Waals surface area contributed by atoms with E-state index in [1.54, 1.807) is 0 Å². The van der Waals surface area contributed by atoms with E-state index < -0.39 is 0 Å². The second-order valence-corrected chi connectivity index (χ2v) is 15.1. The highest BCUT2D eigenvalue weighted by Crippen LogP contribution is 2.51. The molecule has 51 heavy (non-hydrogen) atoms. The van der Waals surface area contributed by atoms with Gasteiger partial charge in [-0.05, 0) is 127 Å². The topological polar surface area (TPSA) is 16.4 Å². The van der Waals surface area contributed by atoms with Gasteiger partial charge >= 0.3 is 0 Å². The summed E-state index contributed by atoms with van der Waals surface area (Å²) in [6, 6.07) is 55.6. The molecular formula is C49H37NO. The first-order chi connectivity index (χ1) is 24.8. The number of furan rings is 1. The molecule has 8 aromatic carbocycles. The fourth-order valence-corrected chi connectivity index (χ4v) is 8.16. The van der Waals surface area contributed by atoms with Crippen molar-refractivity contribution < 1.29 is 4.42 Å². The molecule has 1 aliphatic carbocycles. The van der Waals surface area contributed by atoms with Crippen LogP contribution in [0.3, 0.4) is 0 Å². The zero-order valence-corrected chi connectivity index (χ0v) is 29.3. The standard InChI is InChI=1S/C49H37NO/c1-30-12-8-9-18-45(30)50(46-19-11-16-39-38-15-10-17-44(49(2,3)4)47(38)51-48(39)46)37-23-22-34-27-41-40-26-33-21-20-32(31-13-6-5-7-14-31)24-35(33)28-42(40)43(41)29-36(34)25-37/h5-29H,1-4H3. The molecule has 10 rings (SSSR count). The van der Waals surface area contributed by atoms with Crippen LogP contribution in [0.5, 0.6) is 0 Å². The summed E-state index contributed by atoms with van der Waals surface area (Å²) in [5.41, 5.74) is 15.3. The third kappa shape index (κ3) is 4.63. The van der Waals surface area contributed by atoms with Crippen molar-refractivity contribution in [2.24, 2.45) is 0 Å². The first-order valence-electron chi connectivity index (χ1n) is 17.8. The minimum absolute atomic E-state index is 0.0434. The van der Waals surface area contributed by atoms with Crippen LogP contribution in [0, 0.1) is 6.92 Å². The fourth-order valence-electron chi connectivity index (χ4n) is 8.16. The maximum absolute atomic E-state index is 6.91. The first kappa shape index (κ1) is 29.8. The van der Waals surface area contributed by atoms with Gasteiger partial charge in [-0.3, -0.25) is 0 Å². The summed E-state index contributed by atoms with van der Waals surface area (Å²) >= 11 is 0. The summed E-state index contributed by atoms with van der Waals surface area (Å²) in [4.78, 5) is 2.38. The van der Waals surface area contributed by atoms with E-state index in [-0.39, 0.29) is 5.41 Å². The molecule has 244 valence electrons. The molecule has 0 unspecified atom stereocenters. The average Bonchev–Trinajstić information content (AvgIpc) is 3.54. The van der Waals surface area contributed by atoms with E-state index in [0.29, 0.717) is 0 Å². The molecule has 0 spiro atoms. The molecule has 1 aliphatic rings. The van der Waals surface area contributed by atoms with Gasteiger partial charge in [0, 0.05) is 27.7 Å². The Kier molecular flexibility index (Phi) is 6.38. The number of hydrogen-bond acceptors (Lipinski definition) is 2. The highest BCUT2D eigenvalue weighted by Gasteiger charge is 2.26. The van der Waals surface area contributed by atoms with Crippen LogP contribution in [0.2, 0.25) is 0 Å². The van der Waals surface area contributed by atoms with Crippen LogP contribution >= 0.6 is 0 Å². The number of fused-ring (bicyclic) bond motifs is 9. The van der Waals surface area contributed by atoms with Gasteiger partial charge in [0.2, 0.25) is 0 Å². The first-order valence-corrected chi connectivity index (χ1v) is 17.8. The smallest absolute Gasteiger partial charge is 0.159 e. The third-order valence-corrected chi connectivity index (χ3v) is 10.8. The molecule has 1 heterocycles. The molecule has 0 saturated carbocycles. The molecular weight excluding hydrogens is 619 g/mol. The number of rotatable bonds is 4. The fraction of sp³-hybridized carbons (Fsp3) is 0.102. The lowest BCUT2D eigenvalue weighted by Gasteiger charge is -2.28. The van der Waals surface area contributed by atoms with Gasteiger partial charge in [0.05, 0.1) is 5.69 Å². The van der Waals surface area contributed by atoms with Crippen molar-refractivity contribution in [2.75, 3.05) is 4.90 Å². The molecule has 0 fully saturated rings. The van der Waals surface area contributed by atoms with Crippen molar-refractivity contribution in [2.45, 2.75) is 33.1 Å². The van der Waals surface area contributed by atoms with E-state index in [9.17, 15) is 0 Å². The van der Waals surface area contributed by atoms with E-state index in [2.05, 4.69) is 184 Å². The molecule has 0 atom stereocenters. The molecule has 0 radical (unpaired) electrons. The lowest BCUT2D eigenvalue weighted by atomic mass is 9.77. The third-order valence-electron chi connectivity index (χ3n) is 10.8. The van der Waals surface area contributed by atoms with Gasteiger partial charge in [0.25, 0.3) is 0 Å². The van der Waals surface area contributed by atoms with Crippen LogP contribution in [0.1, 0.15) is 31.9 Å². The Labute approximate surface area is 298 Å². The predicted octanol–water partition coefficient (Wildman–Crippen LogP) is 14.3. The van der Waals surface area contributed by atoms with Gasteiger partial charge in [-0.25, -0.2) is 0 Å². The molecule has 2 heteroatoms. The number of anilines is 3. The maximum Gasteiger partial charge on any atom is 0.159 e. The Morgan fingerprint density at radius 3 is 1.75 bits per heavy atom. The summed E-state index contributed by atoms with van der Waals surface area (Å²) in [5, 5.41) is 7.30. The Bertz CT molecular complexity index is 2850. The number of hydrogen-bond donors (Lipinski definition) is 0. The van der Waals surface area contributed by atoms with Crippen molar-refractivity contribution >= 4 is 60.5 Å². The summed E-state index contributed by atoms with van der Waals surface area (Å²) in [5.74, 6) is 0. The molecule has 0 amide bonds. The van der Waals surface area contributed by atoms with E-state index in [4.69, 9.17) is 4.42 Å². The number of nitrogens with zero attached hydrogens (tertiary/aromatic N) is 1. The molecule has 0 bridgehead atoms. The quantitative estimate of drug-likeness (QED) is 0.188. The van der Waals surface area contributed by atoms with Gasteiger partial charge < -0.3 is 9.32 Å². The van der Waals surface area contributed by atoms with Crippen LogP contribution in [-0.2, 0) is 5.41 Å². The maximum atomic E-state index is 6.91. The summed E-state index contributed by atoms with van der Waals surface area (Å²) in [6.45, 7) is 8.94. The van der Waals surface area contributed by atoms with E-state index in [1.807, 2.05) is 0 Å². The SMILES string of the molecule is Cc1ccccc1N(c1ccc2cc3c(cc2c1)-c1cc2cc(-c4ccccc4)ccc2cc1-3)c1cccc2c1oc1c(C(C)(C)C)cccc12. The van der Waals surface area contributed by atoms with Crippen LogP contribution in [0.4, 0.5) is 17.1 Å². The average molecular weight is 656 g/mol.